The van der Waals surface area contributed by atoms with E-state index in [0.717, 1.165) is 48.1 Å². The minimum absolute atomic E-state index is 0.142. The van der Waals surface area contributed by atoms with Crippen LogP contribution in [0, 0.1) is 6.92 Å². The molecule has 0 radical (unpaired) electrons. The molecule has 104 valence electrons. The zero-order valence-electron chi connectivity index (χ0n) is 11.6. The fourth-order valence-corrected chi connectivity index (χ4v) is 2.66. The fourth-order valence-electron chi connectivity index (χ4n) is 2.66. The topological polar surface area (TPSA) is 42.4 Å². The maximum absolute atomic E-state index is 10.5. The molecule has 1 aliphatic rings. The van der Waals surface area contributed by atoms with E-state index in [4.69, 9.17) is 4.74 Å². The maximum atomic E-state index is 10.5. The van der Waals surface area contributed by atoms with Crippen molar-refractivity contribution in [3.05, 3.63) is 36.0 Å². The Balaban J connectivity index is 1.81. The van der Waals surface area contributed by atoms with Crippen molar-refractivity contribution in [2.24, 2.45) is 0 Å². The molecule has 3 rings (SSSR count). The number of aldehydes is 1. The van der Waals surface area contributed by atoms with E-state index in [1.807, 2.05) is 31.2 Å². The molecule has 0 aliphatic carbocycles. The quantitative estimate of drug-likeness (QED) is 0.799. The predicted octanol–water partition coefficient (Wildman–Crippen LogP) is 2.20. The van der Waals surface area contributed by atoms with Crippen LogP contribution in [-0.2, 0) is 4.79 Å². The van der Waals surface area contributed by atoms with E-state index in [1.165, 1.54) is 0 Å². The van der Waals surface area contributed by atoms with E-state index in [2.05, 4.69) is 16.0 Å². The highest BCUT2D eigenvalue weighted by Crippen LogP contribution is 2.26. The zero-order chi connectivity index (χ0) is 13.9. The Labute approximate surface area is 118 Å². The Bertz CT molecular complexity index is 627. The van der Waals surface area contributed by atoms with Crippen LogP contribution in [0.2, 0.25) is 0 Å². The summed E-state index contributed by atoms with van der Waals surface area (Å²) in [5.41, 5.74) is 1.91. The minimum Gasteiger partial charge on any atom is -0.487 e. The molecule has 0 amide bonds. The summed E-state index contributed by atoms with van der Waals surface area (Å²) in [6.45, 7) is 4.20. The van der Waals surface area contributed by atoms with Gasteiger partial charge in [-0.25, -0.2) is 4.98 Å². The van der Waals surface area contributed by atoms with Gasteiger partial charge in [0.2, 0.25) is 0 Å². The van der Waals surface area contributed by atoms with Gasteiger partial charge in [-0.2, -0.15) is 0 Å². The van der Waals surface area contributed by atoms with Gasteiger partial charge in [0.25, 0.3) is 0 Å². The number of benzene rings is 1. The molecule has 0 unspecified atom stereocenters. The number of nitrogens with zero attached hydrogens (tertiary/aromatic N) is 2. The molecule has 1 saturated heterocycles. The van der Waals surface area contributed by atoms with Gasteiger partial charge >= 0.3 is 0 Å². The average molecular weight is 270 g/mol. The van der Waals surface area contributed by atoms with Crippen molar-refractivity contribution in [1.29, 1.82) is 0 Å². The Hall–Kier alpha value is -1.94. The van der Waals surface area contributed by atoms with Crippen LogP contribution in [0.4, 0.5) is 0 Å². The summed E-state index contributed by atoms with van der Waals surface area (Å²) < 4.78 is 6.10. The van der Waals surface area contributed by atoms with Gasteiger partial charge in [0.15, 0.2) is 0 Å². The Morgan fingerprint density at radius 1 is 1.40 bits per heavy atom. The summed E-state index contributed by atoms with van der Waals surface area (Å²) in [6, 6.07) is 10.1. The van der Waals surface area contributed by atoms with Gasteiger partial charge in [0, 0.05) is 24.2 Å². The molecule has 2 heterocycles. The summed E-state index contributed by atoms with van der Waals surface area (Å²) in [6.07, 6.45) is 2.05. The smallest absolute Gasteiger partial charge is 0.146 e. The van der Waals surface area contributed by atoms with E-state index in [1.54, 1.807) is 0 Å². The molecule has 1 aliphatic heterocycles. The molecule has 2 aromatic rings. The van der Waals surface area contributed by atoms with Crippen LogP contribution in [-0.4, -0.2) is 41.9 Å². The number of para-hydroxylation sites is 1. The maximum Gasteiger partial charge on any atom is 0.146 e. The molecule has 1 aromatic carbocycles. The molecule has 1 fully saturated rings. The van der Waals surface area contributed by atoms with Gasteiger partial charge < -0.3 is 9.53 Å². The molecule has 20 heavy (non-hydrogen) atoms. The van der Waals surface area contributed by atoms with E-state index in [0.29, 0.717) is 6.54 Å². The predicted molar refractivity (Wildman–Crippen MR) is 78.0 cm³/mol. The van der Waals surface area contributed by atoms with E-state index in [9.17, 15) is 4.79 Å². The van der Waals surface area contributed by atoms with Crippen LogP contribution in [0.15, 0.2) is 30.3 Å². The third kappa shape index (κ3) is 2.65. The van der Waals surface area contributed by atoms with Crippen LogP contribution >= 0.6 is 0 Å². The first-order valence-corrected chi connectivity index (χ1v) is 6.95. The zero-order valence-corrected chi connectivity index (χ0v) is 11.6. The normalized spacial score (nSPS) is 19.4. The second-order valence-corrected chi connectivity index (χ2v) is 5.24. The number of carbonyl (C=O) groups is 1. The number of ether oxygens (including phenoxy) is 1. The van der Waals surface area contributed by atoms with Gasteiger partial charge in [-0.3, -0.25) is 4.90 Å². The number of hydrogen-bond donors (Lipinski definition) is 0. The summed E-state index contributed by atoms with van der Waals surface area (Å²) in [7, 11) is 0. The molecule has 4 nitrogen and oxygen atoms in total. The summed E-state index contributed by atoms with van der Waals surface area (Å²) >= 11 is 0. The average Bonchev–Trinajstić information content (AvgIpc) is 2.87. The largest absolute Gasteiger partial charge is 0.487 e. The van der Waals surface area contributed by atoms with Gasteiger partial charge in [-0.05, 0) is 25.5 Å². The Kier molecular flexibility index (Phi) is 3.65. The Morgan fingerprint density at radius 3 is 3.15 bits per heavy atom. The van der Waals surface area contributed by atoms with Gasteiger partial charge in [-0.15, -0.1) is 0 Å². The first kappa shape index (κ1) is 13.1. The lowest BCUT2D eigenvalue weighted by Crippen LogP contribution is -2.26. The highest BCUT2D eigenvalue weighted by Gasteiger charge is 2.24. The lowest BCUT2D eigenvalue weighted by Gasteiger charge is -2.16. The molecule has 1 aromatic heterocycles. The lowest BCUT2D eigenvalue weighted by atomic mass is 10.2. The molecule has 0 spiro atoms. The van der Waals surface area contributed by atoms with Crippen molar-refractivity contribution in [3.63, 3.8) is 0 Å². The van der Waals surface area contributed by atoms with Crippen molar-refractivity contribution >= 4 is 17.2 Å². The molecular weight excluding hydrogens is 252 g/mol. The molecule has 0 saturated carbocycles. The summed E-state index contributed by atoms with van der Waals surface area (Å²) in [5.74, 6) is 0.837. The number of carbonyl (C=O) groups excluding carboxylic acids is 1. The summed E-state index contributed by atoms with van der Waals surface area (Å²) in [5, 5.41) is 1.09. The number of likely N-dealkylation sites (tertiary alicyclic amines) is 1. The van der Waals surface area contributed by atoms with Crippen LogP contribution in [0.25, 0.3) is 10.9 Å². The van der Waals surface area contributed by atoms with Crippen molar-refractivity contribution in [2.75, 3.05) is 19.6 Å². The third-order valence-electron chi connectivity index (χ3n) is 3.68. The van der Waals surface area contributed by atoms with Crippen LogP contribution in [0.1, 0.15) is 12.1 Å². The van der Waals surface area contributed by atoms with E-state index in [-0.39, 0.29) is 6.10 Å². The second kappa shape index (κ2) is 5.59. The fraction of sp³-hybridized carbons (Fsp3) is 0.375. The summed E-state index contributed by atoms with van der Waals surface area (Å²) in [4.78, 5) is 17.2. The number of aryl methyl sites for hydroxylation is 1. The highest BCUT2D eigenvalue weighted by molar-refractivity contribution is 5.84. The Morgan fingerprint density at radius 2 is 2.30 bits per heavy atom. The first-order valence-electron chi connectivity index (χ1n) is 6.95. The van der Waals surface area contributed by atoms with Crippen molar-refractivity contribution in [1.82, 2.24) is 9.88 Å². The van der Waals surface area contributed by atoms with Crippen LogP contribution < -0.4 is 4.74 Å². The van der Waals surface area contributed by atoms with Crippen LogP contribution in [0.5, 0.6) is 5.75 Å². The second-order valence-electron chi connectivity index (χ2n) is 5.24. The standard InChI is InChI=1S/C16H18N2O2/c1-12-5-6-13-3-2-4-15(16(13)17-12)20-14-7-8-18(11-14)9-10-19/h2-6,10,14H,7-9,11H2,1H3/t14-/m0/s1. The minimum atomic E-state index is 0.142. The molecule has 0 bridgehead atoms. The van der Waals surface area contributed by atoms with Gasteiger partial charge in [0.05, 0.1) is 6.54 Å². The van der Waals surface area contributed by atoms with E-state index >= 15 is 0 Å². The van der Waals surface area contributed by atoms with Gasteiger partial charge in [-0.1, -0.05) is 18.2 Å². The molecule has 0 N–H and O–H groups in total. The number of hydrogen-bond acceptors (Lipinski definition) is 4. The molecular formula is C16H18N2O2. The van der Waals surface area contributed by atoms with Crippen molar-refractivity contribution < 1.29 is 9.53 Å². The first-order chi connectivity index (χ1) is 9.76. The molecule has 4 heteroatoms. The highest BCUT2D eigenvalue weighted by atomic mass is 16.5. The lowest BCUT2D eigenvalue weighted by molar-refractivity contribution is -0.108. The number of aromatic nitrogens is 1. The number of rotatable bonds is 4. The monoisotopic (exact) mass is 270 g/mol. The number of fused-ring (bicyclic) bond motifs is 1. The van der Waals surface area contributed by atoms with Gasteiger partial charge in [0.1, 0.15) is 23.7 Å². The molecule has 1 atom stereocenters. The van der Waals surface area contributed by atoms with Crippen molar-refractivity contribution in [2.45, 2.75) is 19.4 Å². The van der Waals surface area contributed by atoms with Crippen molar-refractivity contribution in [3.8, 4) is 5.75 Å². The van der Waals surface area contributed by atoms with Crippen LogP contribution in [0.3, 0.4) is 0 Å². The van der Waals surface area contributed by atoms with E-state index < -0.39 is 0 Å². The third-order valence-corrected chi connectivity index (χ3v) is 3.68. The number of pyridine rings is 1. The SMILES string of the molecule is Cc1ccc2cccc(O[C@H]3CCN(CC=O)C3)c2n1.